The van der Waals surface area contributed by atoms with Crippen LogP contribution in [0.3, 0.4) is 0 Å². The number of aromatic amines is 1. The van der Waals surface area contributed by atoms with Crippen LogP contribution in [0.15, 0.2) is 74.4 Å². The smallest absolute Gasteiger partial charge is 0.186 e. The second kappa shape index (κ2) is 5.87. The fourth-order valence-corrected chi connectivity index (χ4v) is 3.93. The third-order valence-corrected chi connectivity index (χ3v) is 5.30. The van der Waals surface area contributed by atoms with Crippen molar-refractivity contribution in [3.8, 4) is 28.4 Å². The van der Waals surface area contributed by atoms with E-state index in [0.717, 1.165) is 16.7 Å². The Morgan fingerprint density at radius 2 is 1.83 bits per heavy atom. The number of phenols is 1. The van der Waals surface area contributed by atoms with Crippen LogP contribution >= 0.6 is 0 Å². The second-order valence-electron chi connectivity index (χ2n) is 7.18. The van der Waals surface area contributed by atoms with E-state index >= 15 is 0 Å². The van der Waals surface area contributed by atoms with Crippen LogP contribution in [0.4, 0.5) is 0 Å². The molecule has 0 spiro atoms. The number of phenolic OH excluding ortho intramolecular Hbond substituents is 1. The van der Waals surface area contributed by atoms with Crippen LogP contribution in [0, 0.1) is 0 Å². The van der Waals surface area contributed by atoms with E-state index in [1.54, 1.807) is 4.68 Å². The van der Waals surface area contributed by atoms with Crippen LogP contribution < -0.4 is 5.43 Å². The van der Waals surface area contributed by atoms with Gasteiger partial charge in [0.25, 0.3) is 0 Å². The lowest BCUT2D eigenvalue weighted by Gasteiger charge is -2.03. The van der Waals surface area contributed by atoms with Gasteiger partial charge in [0, 0.05) is 30.9 Å². The van der Waals surface area contributed by atoms with Gasteiger partial charge in [0.05, 0.1) is 16.3 Å². The summed E-state index contributed by atoms with van der Waals surface area (Å²) in [6.45, 7) is 0. The van der Waals surface area contributed by atoms with Crippen molar-refractivity contribution in [3.63, 3.8) is 0 Å². The summed E-state index contributed by atoms with van der Waals surface area (Å²) in [5, 5.41) is 14.7. The Kier molecular flexibility index (Phi) is 3.26. The molecule has 0 bridgehead atoms. The van der Waals surface area contributed by atoms with Gasteiger partial charge in [-0.2, -0.15) is 0 Å². The van der Waals surface area contributed by atoms with Gasteiger partial charge in [-0.25, -0.2) is 4.98 Å². The molecule has 0 aliphatic carbocycles. The van der Waals surface area contributed by atoms with Crippen LogP contribution in [-0.4, -0.2) is 19.9 Å². The number of aromatic nitrogens is 3. The van der Waals surface area contributed by atoms with Gasteiger partial charge in [-0.05, 0) is 12.1 Å². The molecular weight excluding hydrogens is 382 g/mol. The standard InChI is InChI=1S/C23H15N3O4/c1-26-23-14(11-24-26)19(17-8-7-16(29-17)12-5-3-2-4-6-12)22-21(25-23)20-15(28)9-13(27)10-18(20)30-22/h2-11,24,28H,1H3. The van der Waals surface area contributed by atoms with E-state index in [-0.39, 0.29) is 16.8 Å². The number of hydrogen-bond acceptors (Lipinski definition) is 5. The van der Waals surface area contributed by atoms with E-state index < -0.39 is 0 Å². The van der Waals surface area contributed by atoms with Crippen LogP contribution in [-0.2, 0) is 7.05 Å². The first-order valence-electron chi connectivity index (χ1n) is 9.39. The predicted octanol–water partition coefficient (Wildman–Crippen LogP) is 4.79. The highest BCUT2D eigenvalue weighted by atomic mass is 16.4. The van der Waals surface area contributed by atoms with Gasteiger partial charge in [-0.3, -0.25) is 9.48 Å². The summed E-state index contributed by atoms with van der Waals surface area (Å²) in [4.78, 5) is 16.6. The highest BCUT2D eigenvalue weighted by Gasteiger charge is 2.23. The van der Waals surface area contributed by atoms with Crippen molar-refractivity contribution in [2.75, 3.05) is 0 Å². The van der Waals surface area contributed by atoms with Crippen molar-refractivity contribution in [3.05, 3.63) is 71.0 Å². The monoisotopic (exact) mass is 397 g/mol. The van der Waals surface area contributed by atoms with Crippen molar-refractivity contribution < 1.29 is 13.9 Å². The quantitative estimate of drug-likeness (QED) is 0.438. The summed E-state index contributed by atoms with van der Waals surface area (Å²) in [6.07, 6.45) is 1.83. The fraction of sp³-hybridized carbons (Fsp3) is 0.0435. The minimum Gasteiger partial charge on any atom is -0.507 e. The zero-order chi connectivity index (χ0) is 20.4. The molecule has 146 valence electrons. The maximum atomic E-state index is 11.9. The van der Waals surface area contributed by atoms with Crippen LogP contribution in [0.25, 0.3) is 55.7 Å². The number of aryl methyl sites for hydroxylation is 1. The SMILES string of the molecule is Cn1[nH]cc2c(-c3ccc(-c4ccccc4)o3)c3oc4cc(=O)cc(O)c4c3nc21. The Balaban J connectivity index is 1.73. The normalized spacial score (nSPS) is 11.8. The van der Waals surface area contributed by atoms with Gasteiger partial charge in [-0.1, -0.05) is 30.3 Å². The molecule has 0 radical (unpaired) electrons. The molecule has 0 aliphatic heterocycles. The molecule has 2 N–H and O–H groups in total. The number of rotatable bonds is 2. The Morgan fingerprint density at radius 1 is 1.03 bits per heavy atom. The molecule has 6 aromatic rings. The molecule has 0 aliphatic rings. The molecule has 0 saturated carbocycles. The highest BCUT2D eigenvalue weighted by molar-refractivity contribution is 6.15. The first-order valence-corrected chi connectivity index (χ1v) is 9.39. The molecule has 0 atom stereocenters. The lowest BCUT2D eigenvalue weighted by Crippen LogP contribution is -1.94. The topological polar surface area (TPSA) is 97.2 Å². The maximum absolute atomic E-state index is 11.9. The van der Waals surface area contributed by atoms with E-state index in [0.29, 0.717) is 33.5 Å². The summed E-state index contributed by atoms with van der Waals surface area (Å²) in [7, 11) is 1.85. The van der Waals surface area contributed by atoms with E-state index in [1.807, 2.05) is 55.7 Å². The molecular formula is C23H15N3O4. The van der Waals surface area contributed by atoms with Crippen molar-refractivity contribution in [2.24, 2.45) is 7.05 Å². The minimum atomic E-state index is -0.331. The zero-order valence-corrected chi connectivity index (χ0v) is 15.8. The molecule has 6 rings (SSSR count). The molecule has 2 aromatic carbocycles. The molecule has 0 saturated heterocycles. The van der Waals surface area contributed by atoms with Crippen molar-refractivity contribution in [1.82, 2.24) is 14.8 Å². The molecule has 7 heteroatoms. The average Bonchev–Trinajstić information content (AvgIpc) is 3.44. The Bertz CT molecular complexity index is 1630. The van der Waals surface area contributed by atoms with Crippen LogP contribution in [0.5, 0.6) is 5.75 Å². The number of nitrogens with one attached hydrogen (secondary N) is 1. The number of aromatic hydroxyl groups is 1. The minimum absolute atomic E-state index is 0.156. The third-order valence-electron chi connectivity index (χ3n) is 5.30. The summed E-state index contributed by atoms with van der Waals surface area (Å²) in [5.41, 5.74) is 3.22. The number of hydrogen-bond donors (Lipinski definition) is 2. The highest BCUT2D eigenvalue weighted by Crippen LogP contribution is 2.42. The number of furan rings is 2. The van der Waals surface area contributed by atoms with Crippen LogP contribution in [0.1, 0.15) is 0 Å². The molecule has 0 amide bonds. The average molecular weight is 397 g/mol. The van der Waals surface area contributed by atoms with Gasteiger partial charge in [0.1, 0.15) is 28.4 Å². The van der Waals surface area contributed by atoms with Gasteiger partial charge < -0.3 is 19.0 Å². The number of pyridine rings is 1. The van der Waals surface area contributed by atoms with Crippen molar-refractivity contribution >= 4 is 33.1 Å². The molecule has 7 nitrogen and oxygen atoms in total. The Labute approximate surface area is 168 Å². The number of fused-ring (bicyclic) bond motifs is 4. The van der Waals surface area contributed by atoms with Crippen molar-refractivity contribution in [2.45, 2.75) is 0 Å². The summed E-state index contributed by atoms with van der Waals surface area (Å²) in [5.74, 6) is 1.17. The first-order chi connectivity index (χ1) is 14.6. The molecule has 30 heavy (non-hydrogen) atoms. The van der Waals surface area contributed by atoms with E-state index in [4.69, 9.17) is 13.8 Å². The third kappa shape index (κ3) is 2.26. The van der Waals surface area contributed by atoms with Gasteiger partial charge in [0.2, 0.25) is 0 Å². The molecule has 0 fully saturated rings. The van der Waals surface area contributed by atoms with Gasteiger partial charge in [0.15, 0.2) is 16.7 Å². The number of H-pyrrole nitrogens is 1. The Hall–Kier alpha value is -4.26. The summed E-state index contributed by atoms with van der Waals surface area (Å²) in [6, 6.07) is 16.1. The first kappa shape index (κ1) is 16.7. The summed E-state index contributed by atoms with van der Waals surface area (Å²) < 4.78 is 14.0. The number of nitrogens with zero attached hydrogens (tertiary/aromatic N) is 2. The second-order valence-corrected chi connectivity index (χ2v) is 7.18. The maximum Gasteiger partial charge on any atom is 0.186 e. The lowest BCUT2D eigenvalue weighted by atomic mass is 10.1. The lowest BCUT2D eigenvalue weighted by molar-refractivity contribution is 0.481. The van der Waals surface area contributed by atoms with E-state index in [9.17, 15) is 9.90 Å². The molecule has 4 aromatic heterocycles. The van der Waals surface area contributed by atoms with Gasteiger partial charge in [-0.15, -0.1) is 0 Å². The predicted molar refractivity (Wildman–Crippen MR) is 113 cm³/mol. The van der Waals surface area contributed by atoms with Crippen molar-refractivity contribution in [1.29, 1.82) is 0 Å². The van der Waals surface area contributed by atoms with Crippen LogP contribution in [0.2, 0.25) is 0 Å². The number of benzene rings is 2. The molecule has 0 unspecified atom stereocenters. The summed E-state index contributed by atoms with van der Waals surface area (Å²) >= 11 is 0. The molecule has 4 heterocycles. The largest absolute Gasteiger partial charge is 0.507 e. The van der Waals surface area contributed by atoms with E-state index in [2.05, 4.69) is 5.10 Å². The van der Waals surface area contributed by atoms with Gasteiger partial charge >= 0.3 is 0 Å². The fourth-order valence-electron chi connectivity index (χ4n) is 3.93. The van der Waals surface area contributed by atoms with E-state index in [1.165, 1.54) is 12.1 Å². The Morgan fingerprint density at radius 3 is 2.67 bits per heavy atom. The zero-order valence-electron chi connectivity index (χ0n) is 15.8.